The van der Waals surface area contributed by atoms with E-state index in [4.69, 9.17) is 4.74 Å². The number of ether oxygens (including phenoxy) is 1. The topological polar surface area (TPSA) is 33.0 Å². The van der Waals surface area contributed by atoms with E-state index in [-0.39, 0.29) is 12.0 Å². The van der Waals surface area contributed by atoms with Gasteiger partial charge in [0.1, 0.15) is 11.9 Å². The van der Waals surface area contributed by atoms with Gasteiger partial charge in [-0.1, -0.05) is 35.3 Å². The third kappa shape index (κ3) is 3.26. The Kier molecular flexibility index (Phi) is 4.66. The molecule has 0 bridgehead atoms. The van der Waals surface area contributed by atoms with Crippen molar-refractivity contribution in [3.63, 3.8) is 0 Å². The minimum Gasteiger partial charge on any atom is -0.489 e. The minimum atomic E-state index is 0.0341. The fraction of sp³-hybridized carbons (Fsp3) is 0.533. The lowest BCUT2D eigenvalue weighted by atomic mass is 9.79. The van der Waals surface area contributed by atoms with Crippen molar-refractivity contribution < 1.29 is 4.74 Å². The molecule has 96 valence electrons. The lowest BCUT2D eigenvalue weighted by Crippen LogP contribution is -2.33. The maximum absolute atomic E-state index is 9.21. The van der Waals surface area contributed by atoms with Crippen LogP contribution in [0.2, 0.25) is 0 Å². The van der Waals surface area contributed by atoms with Crippen molar-refractivity contribution in [1.82, 2.24) is 0 Å². The van der Waals surface area contributed by atoms with Crippen LogP contribution < -0.4 is 4.74 Å². The quantitative estimate of drug-likeness (QED) is 0.821. The molecule has 18 heavy (non-hydrogen) atoms. The molecule has 2 nitrogen and oxygen atoms in total. The van der Waals surface area contributed by atoms with Crippen molar-refractivity contribution in [1.29, 1.82) is 5.26 Å². The van der Waals surface area contributed by atoms with Gasteiger partial charge in [-0.25, -0.2) is 0 Å². The van der Waals surface area contributed by atoms with Crippen molar-refractivity contribution >= 4 is 15.9 Å². The Morgan fingerprint density at radius 2 is 2.28 bits per heavy atom. The summed E-state index contributed by atoms with van der Waals surface area (Å²) in [6.07, 6.45) is 4.35. The fourth-order valence-electron chi connectivity index (χ4n) is 2.58. The van der Waals surface area contributed by atoms with Crippen LogP contribution in [0.4, 0.5) is 0 Å². The lowest BCUT2D eigenvalue weighted by molar-refractivity contribution is 0.0892. The second kappa shape index (κ2) is 6.24. The second-order valence-electron chi connectivity index (χ2n) is 4.94. The summed E-state index contributed by atoms with van der Waals surface area (Å²) in [4.78, 5) is 0. The first kappa shape index (κ1) is 13.4. The molecular formula is C15H18BrNO. The molecule has 1 aliphatic rings. The summed E-state index contributed by atoms with van der Waals surface area (Å²) in [5, 5.41) is 9.21. The molecular weight excluding hydrogens is 290 g/mol. The molecule has 3 atom stereocenters. The van der Waals surface area contributed by atoms with Gasteiger partial charge < -0.3 is 4.74 Å². The van der Waals surface area contributed by atoms with E-state index in [1.54, 1.807) is 0 Å². The van der Waals surface area contributed by atoms with Crippen LogP contribution in [0.3, 0.4) is 0 Å². The summed E-state index contributed by atoms with van der Waals surface area (Å²) in [6, 6.07) is 10.2. The number of rotatable bonds is 3. The van der Waals surface area contributed by atoms with E-state index in [1.165, 1.54) is 6.42 Å². The maximum atomic E-state index is 9.21. The average molecular weight is 308 g/mol. The highest BCUT2D eigenvalue weighted by atomic mass is 79.9. The van der Waals surface area contributed by atoms with Gasteiger partial charge in [0.15, 0.2) is 0 Å². The number of nitriles is 1. The number of halogens is 1. The smallest absolute Gasteiger partial charge is 0.120 e. The average Bonchev–Trinajstić information content (AvgIpc) is 2.38. The molecule has 0 saturated heterocycles. The normalized spacial score (nSPS) is 27.5. The van der Waals surface area contributed by atoms with Crippen molar-refractivity contribution in [3.05, 3.63) is 28.7 Å². The van der Waals surface area contributed by atoms with E-state index in [2.05, 4.69) is 28.9 Å². The predicted octanol–water partition coefficient (Wildman–Crippen LogP) is 4.55. The van der Waals surface area contributed by atoms with Crippen LogP contribution >= 0.6 is 15.9 Å². The number of hydrogen-bond acceptors (Lipinski definition) is 2. The fourth-order valence-corrected chi connectivity index (χ4v) is 2.95. The number of nitrogens with zero attached hydrogens (tertiary/aromatic N) is 1. The summed E-state index contributed by atoms with van der Waals surface area (Å²) in [6.45, 7) is 2.22. The largest absolute Gasteiger partial charge is 0.489 e. The summed E-state index contributed by atoms with van der Waals surface area (Å²) in [5.74, 6) is 1.59. The molecule has 1 aromatic carbocycles. The zero-order valence-corrected chi connectivity index (χ0v) is 12.2. The van der Waals surface area contributed by atoms with E-state index in [0.29, 0.717) is 5.92 Å². The van der Waals surface area contributed by atoms with Crippen LogP contribution in [0.25, 0.3) is 0 Å². The standard InChI is InChI=1S/C15H18BrNO/c1-2-11-6-7-12(10-17)15(8-11)18-14-5-3-4-13(16)9-14/h3-5,9,11-12,15H,2,6-8H2,1H3. The molecule has 0 heterocycles. The molecule has 2 rings (SSSR count). The summed E-state index contributed by atoms with van der Waals surface area (Å²) >= 11 is 3.44. The van der Waals surface area contributed by atoms with Crippen molar-refractivity contribution in [2.45, 2.75) is 38.7 Å². The van der Waals surface area contributed by atoms with Gasteiger partial charge in [0.25, 0.3) is 0 Å². The van der Waals surface area contributed by atoms with Crippen LogP contribution in [0.15, 0.2) is 28.7 Å². The highest BCUT2D eigenvalue weighted by Crippen LogP contribution is 2.33. The van der Waals surface area contributed by atoms with E-state index < -0.39 is 0 Å². The Balaban J connectivity index is 2.07. The van der Waals surface area contributed by atoms with Gasteiger partial charge in [0, 0.05) is 4.47 Å². The Labute approximate surface area is 117 Å². The minimum absolute atomic E-state index is 0.0341. The maximum Gasteiger partial charge on any atom is 0.120 e. The van der Waals surface area contributed by atoms with Gasteiger partial charge in [-0.2, -0.15) is 5.26 Å². The van der Waals surface area contributed by atoms with Gasteiger partial charge in [-0.3, -0.25) is 0 Å². The zero-order valence-electron chi connectivity index (χ0n) is 10.6. The summed E-state index contributed by atoms with van der Waals surface area (Å²) < 4.78 is 7.03. The van der Waals surface area contributed by atoms with Crippen molar-refractivity contribution in [2.75, 3.05) is 0 Å². The molecule has 0 aliphatic heterocycles. The summed E-state index contributed by atoms with van der Waals surface area (Å²) in [5.41, 5.74) is 0. The van der Waals surface area contributed by atoms with E-state index >= 15 is 0 Å². The Morgan fingerprint density at radius 1 is 1.44 bits per heavy atom. The van der Waals surface area contributed by atoms with Crippen LogP contribution in [0, 0.1) is 23.2 Å². The first-order chi connectivity index (χ1) is 8.72. The van der Waals surface area contributed by atoms with E-state index in [9.17, 15) is 5.26 Å². The predicted molar refractivity (Wildman–Crippen MR) is 75.3 cm³/mol. The van der Waals surface area contributed by atoms with Crippen LogP contribution in [-0.4, -0.2) is 6.10 Å². The number of benzene rings is 1. The highest BCUT2D eigenvalue weighted by Gasteiger charge is 2.31. The molecule has 3 unspecified atom stereocenters. The molecule has 1 fully saturated rings. The molecule has 1 aliphatic carbocycles. The van der Waals surface area contributed by atoms with Crippen LogP contribution in [-0.2, 0) is 0 Å². The van der Waals surface area contributed by atoms with Gasteiger partial charge in [-0.15, -0.1) is 0 Å². The summed E-state index contributed by atoms with van der Waals surface area (Å²) in [7, 11) is 0. The van der Waals surface area contributed by atoms with Crippen LogP contribution in [0.5, 0.6) is 5.75 Å². The van der Waals surface area contributed by atoms with Crippen molar-refractivity contribution in [2.24, 2.45) is 11.8 Å². The molecule has 3 heteroatoms. The molecule has 0 aromatic heterocycles. The molecule has 0 radical (unpaired) electrons. The van der Waals surface area contributed by atoms with Gasteiger partial charge in [0.05, 0.1) is 12.0 Å². The lowest BCUT2D eigenvalue weighted by Gasteiger charge is -2.32. The monoisotopic (exact) mass is 307 g/mol. The molecule has 1 saturated carbocycles. The molecule has 1 aromatic rings. The van der Waals surface area contributed by atoms with E-state index in [1.807, 2.05) is 24.3 Å². The zero-order chi connectivity index (χ0) is 13.0. The van der Waals surface area contributed by atoms with Crippen molar-refractivity contribution in [3.8, 4) is 11.8 Å². The molecule has 0 N–H and O–H groups in total. The third-order valence-electron chi connectivity index (χ3n) is 3.73. The molecule has 0 spiro atoms. The van der Waals surface area contributed by atoms with Gasteiger partial charge >= 0.3 is 0 Å². The Bertz CT molecular complexity index is 440. The first-order valence-electron chi connectivity index (χ1n) is 6.54. The molecule has 0 amide bonds. The Morgan fingerprint density at radius 3 is 2.94 bits per heavy atom. The third-order valence-corrected chi connectivity index (χ3v) is 4.22. The SMILES string of the molecule is CCC1CCC(C#N)C(Oc2cccc(Br)c2)C1. The first-order valence-corrected chi connectivity index (χ1v) is 7.34. The number of hydrogen-bond donors (Lipinski definition) is 0. The highest BCUT2D eigenvalue weighted by molar-refractivity contribution is 9.10. The second-order valence-corrected chi connectivity index (χ2v) is 5.85. The van der Waals surface area contributed by atoms with E-state index in [0.717, 1.165) is 29.5 Å². The van der Waals surface area contributed by atoms with Crippen LogP contribution in [0.1, 0.15) is 32.6 Å². The van der Waals surface area contributed by atoms with Gasteiger partial charge in [-0.05, 0) is 43.4 Å². The Hall–Kier alpha value is -1.01. The van der Waals surface area contributed by atoms with Gasteiger partial charge in [0.2, 0.25) is 0 Å².